The van der Waals surface area contributed by atoms with Crippen molar-refractivity contribution in [1.82, 2.24) is 5.32 Å². The summed E-state index contributed by atoms with van der Waals surface area (Å²) in [6.07, 6.45) is 6.44. The van der Waals surface area contributed by atoms with E-state index in [-0.39, 0.29) is 17.9 Å². The number of likely N-dealkylation sites (N-methyl/N-ethyl adjacent to an activating group) is 1. The first kappa shape index (κ1) is 21.0. The van der Waals surface area contributed by atoms with Crippen LogP contribution in [0.3, 0.4) is 0 Å². The van der Waals surface area contributed by atoms with Gasteiger partial charge in [-0.3, -0.25) is 9.59 Å². The van der Waals surface area contributed by atoms with Crippen molar-refractivity contribution in [3.63, 3.8) is 0 Å². The maximum Gasteiger partial charge on any atom is 0.264 e. The molecule has 156 valence electrons. The molecule has 2 aliphatic rings. The van der Waals surface area contributed by atoms with Crippen LogP contribution >= 0.6 is 23.4 Å². The van der Waals surface area contributed by atoms with Crippen molar-refractivity contribution in [2.24, 2.45) is 5.92 Å². The van der Waals surface area contributed by atoms with Gasteiger partial charge in [0.05, 0.1) is 10.6 Å². The Hall–Kier alpha value is -2.24. The van der Waals surface area contributed by atoms with Crippen molar-refractivity contribution in [3.05, 3.63) is 63.5 Å². The normalized spacial score (nSPS) is 22.7. The number of rotatable bonds is 3. The van der Waals surface area contributed by atoms with Gasteiger partial charge in [0.25, 0.3) is 11.8 Å². The van der Waals surface area contributed by atoms with E-state index in [1.54, 1.807) is 11.9 Å². The molecule has 4 nitrogen and oxygen atoms in total. The molecule has 0 unspecified atom stereocenters. The zero-order valence-corrected chi connectivity index (χ0v) is 18.7. The number of fused-ring (bicyclic) bond motifs is 1. The topological polar surface area (TPSA) is 49.4 Å². The summed E-state index contributed by atoms with van der Waals surface area (Å²) in [4.78, 5) is 28.9. The highest BCUT2D eigenvalue weighted by Crippen LogP contribution is 2.42. The van der Waals surface area contributed by atoms with Gasteiger partial charge in [-0.15, -0.1) is 0 Å². The number of hydrogen-bond donors (Lipinski definition) is 1. The Bertz CT molecular complexity index is 1020. The third kappa shape index (κ3) is 4.42. The maximum atomic E-state index is 12.9. The summed E-state index contributed by atoms with van der Waals surface area (Å²) < 4.78 is 0. The minimum atomic E-state index is -0.0917. The molecular formula is C24H25ClN2O2S. The number of halogens is 1. The Morgan fingerprint density at radius 3 is 2.77 bits per heavy atom. The van der Waals surface area contributed by atoms with Crippen LogP contribution in [0.15, 0.2) is 52.3 Å². The molecule has 2 amide bonds. The van der Waals surface area contributed by atoms with E-state index in [9.17, 15) is 9.59 Å². The van der Waals surface area contributed by atoms with Crippen molar-refractivity contribution >= 4 is 46.9 Å². The van der Waals surface area contributed by atoms with Gasteiger partial charge in [0.2, 0.25) is 0 Å². The third-order valence-corrected chi connectivity index (χ3v) is 7.20. The monoisotopic (exact) mass is 440 g/mol. The minimum absolute atomic E-state index is 0.0670. The van der Waals surface area contributed by atoms with Crippen molar-refractivity contribution in [3.8, 4) is 0 Å². The first-order valence-corrected chi connectivity index (χ1v) is 11.5. The number of carbonyl (C=O) groups excluding carboxylic acids is 2. The van der Waals surface area contributed by atoms with E-state index >= 15 is 0 Å². The Balaban J connectivity index is 1.56. The van der Waals surface area contributed by atoms with Crippen LogP contribution in [-0.2, 0) is 4.79 Å². The highest BCUT2D eigenvalue weighted by molar-refractivity contribution is 8.04. The van der Waals surface area contributed by atoms with E-state index in [4.69, 9.17) is 11.6 Å². The fourth-order valence-corrected chi connectivity index (χ4v) is 5.36. The average molecular weight is 441 g/mol. The number of carbonyl (C=O) groups is 2. The third-order valence-electron chi connectivity index (χ3n) is 5.89. The van der Waals surface area contributed by atoms with Crippen LogP contribution in [0.2, 0.25) is 5.02 Å². The maximum absolute atomic E-state index is 12.9. The Morgan fingerprint density at radius 2 is 2.00 bits per heavy atom. The molecule has 4 rings (SSSR count). The largest absolute Gasteiger partial charge is 0.349 e. The lowest BCUT2D eigenvalue weighted by Gasteiger charge is -2.30. The van der Waals surface area contributed by atoms with Gasteiger partial charge in [0.1, 0.15) is 0 Å². The van der Waals surface area contributed by atoms with Crippen LogP contribution in [0, 0.1) is 5.92 Å². The van der Waals surface area contributed by atoms with Crippen molar-refractivity contribution in [2.45, 2.75) is 43.5 Å². The number of anilines is 1. The molecule has 0 spiro atoms. The van der Waals surface area contributed by atoms with Gasteiger partial charge in [-0.25, -0.2) is 0 Å². The summed E-state index contributed by atoms with van der Waals surface area (Å²) in [5.74, 6) is 0.341. The van der Waals surface area contributed by atoms with Crippen LogP contribution in [0.4, 0.5) is 5.69 Å². The molecule has 1 saturated carbocycles. The summed E-state index contributed by atoms with van der Waals surface area (Å²) in [6, 6.07) is 13.2. The number of nitrogens with one attached hydrogen (secondary N) is 1. The van der Waals surface area contributed by atoms with Crippen LogP contribution in [-0.4, -0.2) is 24.9 Å². The van der Waals surface area contributed by atoms with E-state index in [1.807, 2.05) is 48.5 Å². The number of benzene rings is 2. The van der Waals surface area contributed by atoms with Gasteiger partial charge in [-0.05, 0) is 60.7 Å². The molecule has 2 atom stereocenters. The summed E-state index contributed by atoms with van der Waals surface area (Å²) in [7, 11) is 1.75. The smallest absolute Gasteiger partial charge is 0.264 e. The molecule has 0 radical (unpaired) electrons. The highest BCUT2D eigenvalue weighted by atomic mass is 35.5. The minimum Gasteiger partial charge on any atom is -0.349 e. The quantitative estimate of drug-likeness (QED) is 0.617. The first-order chi connectivity index (χ1) is 14.4. The van der Waals surface area contributed by atoms with Crippen LogP contribution in [0.25, 0.3) is 6.08 Å². The number of nitrogens with zero attached hydrogens (tertiary/aromatic N) is 1. The second-order valence-corrected chi connectivity index (χ2v) is 9.57. The Kier molecular flexibility index (Phi) is 6.21. The highest BCUT2D eigenvalue weighted by Gasteiger charge is 2.28. The fourth-order valence-electron chi connectivity index (χ4n) is 4.07. The van der Waals surface area contributed by atoms with Crippen LogP contribution < -0.4 is 10.2 Å². The molecule has 30 heavy (non-hydrogen) atoms. The molecule has 1 N–H and O–H groups in total. The molecule has 1 aliphatic heterocycles. The van der Waals surface area contributed by atoms with E-state index in [2.05, 4.69) is 12.2 Å². The second-order valence-electron chi connectivity index (χ2n) is 8.05. The van der Waals surface area contributed by atoms with Gasteiger partial charge < -0.3 is 10.2 Å². The predicted octanol–water partition coefficient (Wildman–Crippen LogP) is 5.76. The van der Waals surface area contributed by atoms with Gasteiger partial charge in [0, 0.05) is 28.6 Å². The SMILES string of the molecule is C[C@@H]1CCCC[C@@H]1NC(=O)c1ccc2c(c1)N(C)C(=O)/C(=C/c1cccc(Cl)c1)S2. The molecule has 1 aliphatic carbocycles. The van der Waals surface area contributed by atoms with Gasteiger partial charge in [0.15, 0.2) is 0 Å². The number of hydrogen-bond acceptors (Lipinski definition) is 3. The van der Waals surface area contributed by atoms with Gasteiger partial charge in [-0.2, -0.15) is 0 Å². The van der Waals surface area contributed by atoms with E-state index in [0.29, 0.717) is 21.4 Å². The number of thioether (sulfide) groups is 1. The lowest BCUT2D eigenvalue weighted by Crippen LogP contribution is -2.41. The second kappa shape index (κ2) is 8.86. The van der Waals surface area contributed by atoms with E-state index in [0.717, 1.165) is 35.4 Å². The van der Waals surface area contributed by atoms with E-state index in [1.165, 1.54) is 18.2 Å². The zero-order valence-electron chi connectivity index (χ0n) is 17.2. The summed E-state index contributed by atoms with van der Waals surface area (Å²) in [6.45, 7) is 2.20. The summed E-state index contributed by atoms with van der Waals surface area (Å²) in [5, 5.41) is 3.83. The molecule has 6 heteroatoms. The lowest BCUT2D eigenvalue weighted by molar-refractivity contribution is -0.114. The lowest BCUT2D eigenvalue weighted by atomic mass is 9.86. The predicted molar refractivity (Wildman–Crippen MR) is 124 cm³/mol. The molecule has 2 aromatic carbocycles. The van der Waals surface area contributed by atoms with Crippen molar-refractivity contribution in [2.75, 3.05) is 11.9 Å². The molecule has 0 bridgehead atoms. The van der Waals surface area contributed by atoms with Gasteiger partial charge in [-0.1, -0.05) is 55.3 Å². The molecule has 1 heterocycles. The molecule has 0 saturated heterocycles. The Morgan fingerprint density at radius 1 is 1.20 bits per heavy atom. The number of amides is 2. The van der Waals surface area contributed by atoms with Gasteiger partial charge >= 0.3 is 0 Å². The summed E-state index contributed by atoms with van der Waals surface area (Å²) in [5.41, 5.74) is 2.24. The first-order valence-electron chi connectivity index (χ1n) is 10.3. The molecule has 1 fully saturated rings. The summed E-state index contributed by atoms with van der Waals surface area (Å²) >= 11 is 7.49. The zero-order chi connectivity index (χ0) is 21.3. The fraction of sp³-hybridized carbons (Fsp3) is 0.333. The van der Waals surface area contributed by atoms with E-state index < -0.39 is 0 Å². The van der Waals surface area contributed by atoms with Crippen molar-refractivity contribution in [1.29, 1.82) is 0 Å². The van der Waals surface area contributed by atoms with Crippen LogP contribution in [0.1, 0.15) is 48.5 Å². The average Bonchev–Trinajstić information content (AvgIpc) is 2.73. The molecule has 0 aromatic heterocycles. The Labute approximate surface area is 186 Å². The standard InChI is InChI=1S/C24H25ClN2O2S/c1-15-6-3-4-9-19(15)26-23(28)17-10-11-21-20(14-17)27(2)24(29)22(30-21)13-16-7-5-8-18(25)12-16/h5,7-8,10-15,19H,3-4,6,9H2,1-2H3,(H,26,28)/b22-13-/t15-,19+/m1/s1. The molecular weight excluding hydrogens is 416 g/mol. The van der Waals surface area contributed by atoms with Crippen molar-refractivity contribution < 1.29 is 9.59 Å². The molecule has 2 aromatic rings. The van der Waals surface area contributed by atoms with Crippen LogP contribution in [0.5, 0.6) is 0 Å².